The maximum atomic E-state index is 12.9. The Bertz CT molecular complexity index is 2140. The number of unbranched alkanes of at least 4 members (excludes halogenated alkanes) is 34. The summed E-state index contributed by atoms with van der Waals surface area (Å²) in [5.74, 6) is -0.796. The van der Waals surface area contributed by atoms with Crippen molar-refractivity contribution in [3.63, 3.8) is 0 Å². The molecule has 0 bridgehead atoms. The van der Waals surface area contributed by atoms with Crippen LogP contribution in [0.15, 0.2) is 146 Å². The van der Waals surface area contributed by atoms with Crippen LogP contribution in [-0.4, -0.2) is 74.9 Å². The zero-order valence-corrected chi connectivity index (χ0v) is 63.7. The number of allylic oxidation sites excluding steroid dienone is 24. The molecule has 0 aromatic carbocycles. The molecule has 0 aromatic rings. The van der Waals surface area contributed by atoms with Gasteiger partial charge in [-0.25, -0.2) is 4.57 Å². The van der Waals surface area contributed by atoms with Crippen molar-refractivity contribution in [3.05, 3.63) is 146 Å². The van der Waals surface area contributed by atoms with Crippen molar-refractivity contribution in [1.82, 2.24) is 0 Å². The topological polar surface area (TPSA) is 108 Å². The molecule has 0 radical (unpaired) electrons. The average molecular weight is 1360 g/mol. The van der Waals surface area contributed by atoms with Gasteiger partial charge in [0, 0.05) is 12.8 Å². The zero-order chi connectivity index (χ0) is 69.7. The molecule has 0 aromatic heterocycles. The highest BCUT2D eigenvalue weighted by molar-refractivity contribution is 7.47. The Kier molecular flexibility index (Phi) is 71.9. The van der Waals surface area contributed by atoms with Crippen LogP contribution in [0.1, 0.15) is 335 Å². The van der Waals surface area contributed by atoms with E-state index < -0.39 is 26.5 Å². The first-order chi connectivity index (χ1) is 47.0. The Morgan fingerprint density at radius 3 is 0.885 bits per heavy atom. The van der Waals surface area contributed by atoms with Gasteiger partial charge >= 0.3 is 19.8 Å². The van der Waals surface area contributed by atoms with Crippen molar-refractivity contribution in [2.45, 2.75) is 341 Å². The van der Waals surface area contributed by atoms with Crippen LogP contribution in [0, 0.1) is 0 Å². The second kappa shape index (κ2) is 75.1. The van der Waals surface area contributed by atoms with Gasteiger partial charge in [-0.15, -0.1) is 0 Å². The summed E-state index contributed by atoms with van der Waals surface area (Å²) in [5, 5.41) is 0. The van der Waals surface area contributed by atoms with Crippen LogP contribution in [0.2, 0.25) is 0 Å². The van der Waals surface area contributed by atoms with E-state index in [0.717, 1.165) is 116 Å². The fourth-order valence-corrected chi connectivity index (χ4v) is 11.6. The number of carbonyl (C=O) groups excluding carboxylic acids is 2. The standard InChI is InChI=1S/C86H148NO8P/c1-6-8-10-12-14-16-18-20-22-24-26-28-30-32-34-36-38-40-41-42-43-44-45-47-49-51-53-55-57-59-61-63-65-67-69-71-73-75-77-79-86(89)95-84(83-94-96(90,91)93-81-80-87(3,4)5)82-92-85(88)78-76-74-72-70-68-66-64-62-60-58-56-54-52-50-48-46-39-37-35-33-31-29-27-25-23-21-19-17-15-13-11-9-7-2/h8,10,14,16,19-22,25-28,31-34,38,40,42-43,45,47,51,53,84H,6-7,9,11-13,15,17-18,23-24,29-30,35-37,39,41,44,46,48-50,52,54-83H2,1-5H3/p+1/b10-8-,16-14-,21-19-,22-20-,27-25-,28-26-,33-31-,34-32-,40-38-,43-42-,47-45-,53-51-. The van der Waals surface area contributed by atoms with E-state index in [4.69, 9.17) is 18.5 Å². The molecule has 0 rings (SSSR count). The maximum Gasteiger partial charge on any atom is 0.472 e. The largest absolute Gasteiger partial charge is 0.472 e. The third-order valence-corrected chi connectivity index (χ3v) is 17.8. The lowest BCUT2D eigenvalue weighted by Gasteiger charge is -2.24. The number of carbonyl (C=O) groups is 2. The van der Waals surface area contributed by atoms with Gasteiger partial charge in [-0.1, -0.05) is 346 Å². The Labute approximate surface area is 593 Å². The van der Waals surface area contributed by atoms with Crippen molar-refractivity contribution in [2.75, 3.05) is 47.5 Å². The predicted octanol–water partition coefficient (Wildman–Crippen LogP) is 26.5. The van der Waals surface area contributed by atoms with Gasteiger partial charge < -0.3 is 18.9 Å². The fraction of sp³-hybridized carbons (Fsp3) is 0.698. The maximum absolute atomic E-state index is 12.9. The first-order valence-corrected chi connectivity index (χ1v) is 41.1. The number of hydrogen-bond donors (Lipinski definition) is 1. The van der Waals surface area contributed by atoms with Crippen molar-refractivity contribution < 1.29 is 42.1 Å². The molecule has 0 fully saturated rings. The molecule has 0 aliphatic rings. The average Bonchev–Trinajstić information content (AvgIpc) is 1.98. The molecule has 0 amide bonds. The van der Waals surface area contributed by atoms with Crippen LogP contribution in [0.25, 0.3) is 0 Å². The fourth-order valence-electron chi connectivity index (χ4n) is 10.8. The lowest BCUT2D eigenvalue weighted by atomic mass is 10.0. The third kappa shape index (κ3) is 78.9. The highest BCUT2D eigenvalue weighted by atomic mass is 31.2. The summed E-state index contributed by atoms with van der Waals surface area (Å²) in [4.78, 5) is 36.0. The Hall–Kier alpha value is -4.11. The van der Waals surface area contributed by atoms with E-state index in [-0.39, 0.29) is 32.0 Å². The van der Waals surface area contributed by atoms with Crippen LogP contribution in [0.3, 0.4) is 0 Å². The number of likely N-dealkylation sites (N-methyl/N-ethyl adjacent to an activating group) is 1. The number of nitrogens with zero attached hydrogens (tertiary/aromatic N) is 1. The summed E-state index contributed by atoms with van der Waals surface area (Å²) in [7, 11) is 1.47. The van der Waals surface area contributed by atoms with E-state index in [1.807, 2.05) is 21.1 Å². The van der Waals surface area contributed by atoms with Crippen LogP contribution in [-0.2, 0) is 32.7 Å². The molecule has 0 spiro atoms. The highest BCUT2D eigenvalue weighted by Gasteiger charge is 2.27. The summed E-state index contributed by atoms with van der Waals surface area (Å²) in [6.07, 6.45) is 111. The molecule has 10 heteroatoms. The van der Waals surface area contributed by atoms with Gasteiger partial charge in [0.05, 0.1) is 27.7 Å². The Morgan fingerprint density at radius 2 is 0.594 bits per heavy atom. The molecule has 2 unspecified atom stereocenters. The lowest BCUT2D eigenvalue weighted by Crippen LogP contribution is -2.37. The third-order valence-electron chi connectivity index (χ3n) is 16.9. The monoisotopic (exact) mass is 1360 g/mol. The zero-order valence-electron chi connectivity index (χ0n) is 62.8. The van der Waals surface area contributed by atoms with E-state index in [2.05, 4.69) is 160 Å². The summed E-state index contributed by atoms with van der Waals surface area (Å²) in [6.45, 7) is 4.33. The van der Waals surface area contributed by atoms with E-state index in [1.54, 1.807) is 0 Å². The molecule has 0 aliphatic heterocycles. The van der Waals surface area contributed by atoms with Crippen LogP contribution in [0.5, 0.6) is 0 Å². The minimum atomic E-state index is -4.40. The number of phosphoric acid groups is 1. The Morgan fingerprint density at radius 1 is 0.333 bits per heavy atom. The summed E-state index contributed by atoms with van der Waals surface area (Å²) in [6, 6.07) is 0. The van der Waals surface area contributed by atoms with Gasteiger partial charge in [0.1, 0.15) is 19.8 Å². The number of hydrogen-bond acceptors (Lipinski definition) is 7. The van der Waals surface area contributed by atoms with Crippen molar-refractivity contribution in [3.8, 4) is 0 Å². The first-order valence-electron chi connectivity index (χ1n) is 39.6. The molecule has 0 saturated carbocycles. The smallest absolute Gasteiger partial charge is 0.462 e. The van der Waals surface area contributed by atoms with Crippen molar-refractivity contribution >= 4 is 19.8 Å². The Balaban J connectivity index is 4.03. The van der Waals surface area contributed by atoms with Gasteiger partial charge in [-0.3, -0.25) is 18.6 Å². The normalized spacial score (nSPS) is 13.9. The van der Waals surface area contributed by atoms with Gasteiger partial charge in [0.25, 0.3) is 0 Å². The number of ether oxygens (including phenoxy) is 2. The van der Waals surface area contributed by atoms with Crippen LogP contribution >= 0.6 is 7.82 Å². The highest BCUT2D eigenvalue weighted by Crippen LogP contribution is 2.43. The molecular weight excluding hydrogens is 1210 g/mol. The molecular formula is C86H149NO8P+. The molecule has 96 heavy (non-hydrogen) atoms. The molecule has 0 aliphatic carbocycles. The summed E-state index contributed by atoms with van der Waals surface area (Å²) in [5.41, 5.74) is 0. The minimum absolute atomic E-state index is 0.0263. The SMILES string of the molecule is CC/C=C\C/C=C\C/C=C\C/C=C\C/C=C\C/C=C\C/C=C\C/C=C\C/C=C\CCCCCCCCCCCCCC(=O)OC(COC(=O)CCCCCCCCCCCCCCCCCCCC/C=C\C/C=C\C/C=C\CCCCCCC)COP(=O)(O)OCC[N+](C)(C)C. The number of phosphoric ester groups is 1. The summed E-state index contributed by atoms with van der Waals surface area (Å²) < 4.78 is 34.8. The van der Waals surface area contributed by atoms with Crippen LogP contribution in [0.4, 0.5) is 0 Å². The van der Waals surface area contributed by atoms with E-state index in [0.29, 0.717) is 17.4 Å². The van der Waals surface area contributed by atoms with Gasteiger partial charge in [-0.2, -0.15) is 0 Å². The summed E-state index contributed by atoms with van der Waals surface area (Å²) >= 11 is 0. The molecule has 550 valence electrons. The number of rotatable bonds is 72. The van der Waals surface area contributed by atoms with Gasteiger partial charge in [-0.05, 0) is 122 Å². The van der Waals surface area contributed by atoms with E-state index in [1.165, 1.54) is 186 Å². The van der Waals surface area contributed by atoms with Crippen molar-refractivity contribution in [2.24, 2.45) is 0 Å². The second-order valence-electron chi connectivity index (χ2n) is 27.4. The quantitative estimate of drug-likeness (QED) is 0.0211. The predicted molar refractivity (Wildman–Crippen MR) is 417 cm³/mol. The van der Waals surface area contributed by atoms with E-state index in [9.17, 15) is 19.0 Å². The van der Waals surface area contributed by atoms with Crippen LogP contribution < -0.4 is 0 Å². The first kappa shape index (κ1) is 91.9. The number of quaternary nitrogens is 1. The molecule has 0 heterocycles. The molecule has 9 nitrogen and oxygen atoms in total. The number of esters is 2. The van der Waals surface area contributed by atoms with Gasteiger partial charge in [0.2, 0.25) is 0 Å². The van der Waals surface area contributed by atoms with Gasteiger partial charge in [0.15, 0.2) is 6.10 Å². The minimum Gasteiger partial charge on any atom is -0.462 e. The lowest BCUT2D eigenvalue weighted by molar-refractivity contribution is -0.870. The van der Waals surface area contributed by atoms with Crippen molar-refractivity contribution in [1.29, 1.82) is 0 Å². The molecule has 2 atom stereocenters. The molecule has 1 N–H and O–H groups in total. The second-order valence-corrected chi connectivity index (χ2v) is 28.8. The molecule has 0 saturated heterocycles. The van der Waals surface area contributed by atoms with E-state index >= 15 is 0 Å².